The van der Waals surface area contributed by atoms with Crippen LogP contribution in [-0.4, -0.2) is 5.78 Å². The van der Waals surface area contributed by atoms with Crippen molar-refractivity contribution in [2.75, 3.05) is 0 Å². The molecule has 0 aromatic heterocycles. The molecule has 0 bridgehead atoms. The molecule has 0 radical (unpaired) electrons. The van der Waals surface area contributed by atoms with Crippen molar-refractivity contribution in [1.29, 1.82) is 0 Å². The van der Waals surface area contributed by atoms with E-state index in [4.69, 9.17) is 0 Å². The number of halogens is 3. The molecular weight excluding hydrogens is 314 g/mol. The Hall–Kier alpha value is -1.55. The molecule has 1 nitrogen and oxygen atoms in total. The lowest BCUT2D eigenvalue weighted by atomic mass is 10.0. The molecule has 19 heavy (non-hydrogen) atoms. The van der Waals surface area contributed by atoms with Crippen molar-refractivity contribution in [3.8, 4) is 0 Å². The van der Waals surface area contributed by atoms with Crippen molar-refractivity contribution in [3.05, 3.63) is 69.7 Å². The molecule has 2 rings (SSSR count). The Morgan fingerprint density at radius 1 is 1.05 bits per heavy atom. The molecule has 2 aromatic rings. The van der Waals surface area contributed by atoms with Crippen molar-refractivity contribution in [2.24, 2.45) is 0 Å². The normalized spacial score (nSPS) is 10.5. The second-order valence-electron chi connectivity index (χ2n) is 4.17. The number of carbonyl (C=O) groups excluding carboxylic acids is 1. The molecule has 0 spiro atoms. The molecule has 98 valence electrons. The summed E-state index contributed by atoms with van der Waals surface area (Å²) in [4.78, 5) is 11.9. The lowest BCUT2D eigenvalue weighted by Crippen LogP contribution is -2.04. The minimum absolute atomic E-state index is 0.0883. The highest BCUT2D eigenvalue weighted by Gasteiger charge is 2.11. The topological polar surface area (TPSA) is 17.1 Å². The molecule has 0 heterocycles. The smallest absolute Gasteiger partial charge is 0.166 e. The van der Waals surface area contributed by atoms with Gasteiger partial charge in [0.25, 0.3) is 0 Å². The third-order valence-electron chi connectivity index (χ3n) is 2.79. The molecule has 0 aliphatic rings. The van der Waals surface area contributed by atoms with Gasteiger partial charge in [-0.2, -0.15) is 0 Å². The molecule has 0 saturated heterocycles. The highest BCUT2D eigenvalue weighted by Crippen LogP contribution is 2.17. The van der Waals surface area contributed by atoms with Crippen LogP contribution in [0.1, 0.15) is 22.3 Å². The number of Topliss-reactive ketones (excluding diaryl/α,β-unsaturated/α-hetero) is 1. The number of carbonyl (C=O) groups is 1. The molecule has 0 aliphatic carbocycles. The van der Waals surface area contributed by atoms with E-state index in [2.05, 4.69) is 15.9 Å². The van der Waals surface area contributed by atoms with E-state index in [0.29, 0.717) is 10.9 Å². The maximum atomic E-state index is 13.6. The van der Waals surface area contributed by atoms with Crippen LogP contribution in [0.3, 0.4) is 0 Å². The third kappa shape index (κ3) is 3.70. The van der Waals surface area contributed by atoms with Gasteiger partial charge < -0.3 is 0 Å². The van der Waals surface area contributed by atoms with Crippen molar-refractivity contribution in [2.45, 2.75) is 12.8 Å². The van der Waals surface area contributed by atoms with Crippen LogP contribution in [-0.2, 0) is 6.42 Å². The van der Waals surface area contributed by atoms with E-state index in [9.17, 15) is 13.6 Å². The van der Waals surface area contributed by atoms with Crippen molar-refractivity contribution in [3.63, 3.8) is 0 Å². The van der Waals surface area contributed by atoms with Crippen molar-refractivity contribution >= 4 is 21.7 Å². The zero-order valence-corrected chi connectivity index (χ0v) is 11.6. The van der Waals surface area contributed by atoms with E-state index in [-0.39, 0.29) is 23.6 Å². The summed E-state index contributed by atoms with van der Waals surface area (Å²) in [5.74, 6) is -1.10. The number of benzene rings is 2. The first kappa shape index (κ1) is 13.9. The van der Waals surface area contributed by atoms with E-state index in [1.54, 1.807) is 18.2 Å². The van der Waals surface area contributed by atoms with Gasteiger partial charge >= 0.3 is 0 Å². The van der Waals surface area contributed by atoms with E-state index >= 15 is 0 Å². The molecule has 0 aliphatic heterocycles. The summed E-state index contributed by atoms with van der Waals surface area (Å²) in [5, 5.41) is 0. The largest absolute Gasteiger partial charge is 0.294 e. The number of hydrogen-bond donors (Lipinski definition) is 0. The molecule has 2 aromatic carbocycles. The first-order valence-corrected chi connectivity index (χ1v) is 6.58. The summed E-state index contributed by atoms with van der Waals surface area (Å²) in [7, 11) is 0. The Labute approximate surface area is 118 Å². The van der Waals surface area contributed by atoms with Crippen LogP contribution in [0.4, 0.5) is 8.78 Å². The Kier molecular flexibility index (Phi) is 4.43. The van der Waals surface area contributed by atoms with Crippen molar-refractivity contribution < 1.29 is 13.6 Å². The summed E-state index contributed by atoms with van der Waals surface area (Å²) in [6.45, 7) is 0. The summed E-state index contributed by atoms with van der Waals surface area (Å²) in [5.41, 5.74) is 0.942. The molecule has 0 saturated carbocycles. The molecule has 0 amide bonds. The minimum Gasteiger partial charge on any atom is -0.294 e. The van der Waals surface area contributed by atoms with Gasteiger partial charge in [0.15, 0.2) is 5.78 Å². The average molecular weight is 325 g/mol. The quantitative estimate of drug-likeness (QED) is 0.754. The second kappa shape index (κ2) is 6.06. The summed E-state index contributed by atoms with van der Waals surface area (Å²) < 4.78 is 26.9. The minimum atomic E-state index is -0.529. The molecule has 0 fully saturated rings. The SMILES string of the molecule is O=C(CCc1ccc(F)cc1)c1ccc(Br)cc1F. The fraction of sp³-hybridized carbons (Fsp3) is 0.133. The van der Waals surface area contributed by atoms with Crippen LogP contribution >= 0.6 is 15.9 Å². The van der Waals surface area contributed by atoms with Gasteiger partial charge in [0.2, 0.25) is 0 Å². The number of hydrogen-bond acceptors (Lipinski definition) is 1. The third-order valence-corrected chi connectivity index (χ3v) is 3.28. The zero-order chi connectivity index (χ0) is 13.8. The molecule has 0 unspecified atom stereocenters. The van der Waals surface area contributed by atoms with E-state index in [1.165, 1.54) is 24.3 Å². The Balaban J connectivity index is 2.03. The van der Waals surface area contributed by atoms with Crippen molar-refractivity contribution in [1.82, 2.24) is 0 Å². The van der Waals surface area contributed by atoms with Crippen LogP contribution in [0, 0.1) is 11.6 Å². The standard InChI is InChI=1S/C15H11BrF2O/c16-11-4-7-13(14(18)9-11)15(19)8-3-10-1-5-12(17)6-2-10/h1-2,4-7,9H,3,8H2. The van der Waals surface area contributed by atoms with E-state index in [0.717, 1.165) is 5.56 Å². The Morgan fingerprint density at radius 3 is 2.37 bits per heavy atom. The maximum Gasteiger partial charge on any atom is 0.166 e. The van der Waals surface area contributed by atoms with E-state index in [1.807, 2.05) is 0 Å². The van der Waals surface area contributed by atoms with Gasteiger partial charge in [-0.1, -0.05) is 28.1 Å². The second-order valence-corrected chi connectivity index (χ2v) is 5.09. The Bertz CT molecular complexity index is 594. The lowest BCUT2D eigenvalue weighted by Gasteiger charge is -2.04. The molecule has 4 heteroatoms. The fourth-order valence-electron chi connectivity index (χ4n) is 1.76. The van der Waals surface area contributed by atoms with Gasteiger partial charge in [-0.15, -0.1) is 0 Å². The summed E-state index contributed by atoms with van der Waals surface area (Å²) >= 11 is 3.14. The van der Waals surface area contributed by atoms with Gasteiger partial charge in [-0.05, 0) is 42.3 Å². The fourth-order valence-corrected chi connectivity index (χ4v) is 2.09. The van der Waals surface area contributed by atoms with E-state index < -0.39 is 5.82 Å². The number of rotatable bonds is 4. The van der Waals surface area contributed by atoms with Crippen LogP contribution in [0.2, 0.25) is 0 Å². The van der Waals surface area contributed by atoms with Gasteiger partial charge in [-0.3, -0.25) is 4.79 Å². The van der Waals surface area contributed by atoms with Gasteiger partial charge in [-0.25, -0.2) is 8.78 Å². The highest BCUT2D eigenvalue weighted by molar-refractivity contribution is 9.10. The number of ketones is 1. The average Bonchev–Trinajstić information content (AvgIpc) is 2.37. The molecule has 0 atom stereocenters. The maximum absolute atomic E-state index is 13.6. The summed E-state index contributed by atoms with van der Waals surface area (Å²) in [6.07, 6.45) is 0.665. The zero-order valence-electron chi connectivity index (χ0n) is 10.00. The van der Waals surface area contributed by atoms with Crippen LogP contribution in [0.25, 0.3) is 0 Å². The van der Waals surface area contributed by atoms with Gasteiger partial charge in [0, 0.05) is 10.9 Å². The van der Waals surface area contributed by atoms with Crippen LogP contribution in [0.5, 0.6) is 0 Å². The highest BCUT2D eigenvalue weighted by atomic mass is 79.9. The summed E-state index contributed by atoms with van der Waals surface area (Å²) in [6, 6.07) is 10.3. The van der Waals surface area contributed by atoms with Crippen LogP contribution in [0.15, 0.2) is 46.9 Å². The molecular formula is C15H11BrF2O. The first-order valence-electron chi connectivity index (χ1n) is 5.79. The molecule has 0 N–H and O–H groups in total. The predicted octanol–water partition coefficient (Wildman–Crippen LogP) is 4.54. The lowest BCUT2D eigenvalue weighted by molar-refractivity contribution is 0.0979. The predicted molar refractivity (Wildman–Crippen MR) is 73.2 cm³/mol. The first-order chi connectivity index (χ1) is 9.06. The van der Waals surface area contributed by atoms with Gasteiger partial charge in [0.05, 0.1) is 5.56 Å². The Morgan fingerprint density at radius 2 is 1.74 bits per heavy atom. The van der Waals surface area contributed by atoms with Crippen LogP contribution < -0.4 is 0 Å². The van der Waals surface area contributed by atoms with Gasteiger partial charge in [0.1, 0.15) is 11.6 Å². The monoisotopic (exact) mass is 324 g/mol. The number of aryl methyl sites for hydroxylation is 1.